The summed E-state index contributed by atoms with van der Waals surface area (Å²) in [6.07, 6.45) is -0.529. The van der Waals surface area contributed by atoms with Gasteiger partial charge >= 0.3 is 10.4 Å². The van der Waals surface area contributed by atoms with Crippen LogP contribution in [0.4, 0.5) is 0 Å². The molecule has 13 heavy (non-hydrogen) atoms. The maximum atomic E-state index is 10.7. The van der Waals surface area contributed by atoms with Crippen molar-refractivity contribution in [2.24, 2.45) is 0 Å². The van der Waals surface area contributed by atoms with Crippen molar-refractivity contribution in [1.82, 2.24) is 0 Å². The molecule has 78 valence electrons. The molecule has 0 saturated carbocycles. The molecule has 1 rings (SSSR count). The Balaban J connectivity index is 2.69. The van der Waals surface area contributed by atoms with Crippen LogP contribution < -0.4 is 0 Å². The molecule has 1 aliphatic rings. The largest absolute Gasteiger partial charge is 0.405 e. The second-order valence-electron chi connectivity index (χ2n) is 2.89. The molecule has 2 N–H and O–H groups in total. The van der Waals surface area contributed by atoms with Crippen LogP contribution in [0.1, 0.15) is 26.2 Å². The van der Waals surface area contributed by atoms with E-state index in [1.54, 1.807) is 0 Å². The summed E-state index contributed by atoms with van der Waals surface area (Å²) < 4.78 is 29.5. The minimum Gasteiger partial charge on any atom is -0.363 e. The number of unbranched alkanes of at least 4 members (excludes halogenated alkanes) is 1. The van der Waals surface area contributed by atoms with E-state index in [1.165, 1.54) is 0 Å². The number of hydrogen-bond acceptors (Lipinski definition) is 6. The molecule has 0 spiro atoms. The molecule has 0 aromatic rings. The molecular formula is C6H12O6S. The number of hydrogen-bond donors (Lipinski definition) is 2. The first-order chi connectivity index (χ1) is 5.90. The fourth-order valence-electron chi connectivity index (χ4n) is 1.02. The molecule has 6 nitrogen and oxygen atoms in total. The van der Waals surface area contributed by atoms with E-state index in [0.29, 0.717) is 6.42 Å². The molecule has 2 unspecified atom stereocenters. The molecule has 1 fully saturated rings. The van der Waals surface area contributed by atoms with Gasteiger partial charge in [0.2, 0.25) is 12.1 Å². The second-order valence-corrected chi connectivity index (χ2v) is 4.06. The maximum absolute atomic E-state index is 10.7. The summed E-state index contributed by atoms with van der Waals surface area (Å²) in [6.45, 7) is 1.86. The van der Waals surface area contributed by atoms with E-state index in [1.807, 2.05) is 6.92 Å². The summed E-state index contributed by atoms with van der Waals surface area (Å²) in [7, 11) is -4.23. The molecule has 0 bridgehead atoms. The minimum atomic E-state index is -4.23. The average molecular weight is 212 g/mol. The van der Waals surface area contributed by atoms with Crippen LogP contribution in [-0.4, -0.2) is 30.7 Å². The van der Waals surface area contributed by atoms with Crippen LogP contribution in [0.25, 0.3) is 0 Å². The zero-order valence-corrected chi connectivity index (χ0v) is 7.95. The van der Waals surface area contributed by atoms with Gasteiger partial charge in [-0.15, -0.1) is 0 Å². The average Bonchev–Trinajstić information content (AvgIpc) is 2.18. The highest BCUT2D eigenvalue weighted by Gasteiger charge is 2.51. The van der Waals surface area contributed by atoms with E-state index in [9.17, 15) is 13.5 Å². The smallest absolute Gasteiger partial charge is 0.363 e. The van der Waals surface area contributed by atoms with Crippen LogP contribution in [0.5, 0.6) is 0 Å². The van der Waals surface area contributed by atoms with Gasteiger partial charge in [-0.2, -0.15) is 8.42 Å². The molecule has 1 heterocycles. The molecule has 0 aliphatic carbocycles. The van der Waals surface area contributed by atoms with Crippen LogP contribution in [0.2, 0.25) is 0 Å². The summed E-state index contributed by atoms with van der Waals surface area (Å²) >= 11 is 0. The Labute approximate surface area is 76.4 Å². The number of rotatable bonds is 3. The Morgan fingerprint density at radius 1 is 1.54 bits per heavy atom. The fraction of sp³-hybridized carbons (Fsp3) is 1.00. The van der Waals surface area contributed by atoms with Gasteiger partial charge in [0.05, 0.1) is 0 Å². The van der Waals surface area contributed by atoms with Gasteiger partial charge in [-0.05, 0) is 6.42 Å². The van der Waals surface area contributed by atoms with Crippen LogP contribution in [-0.2, 0) is 18.8 Å². The first kappa shape index (κ1) is 10.9. The van der Waals surface area contributed by atoms with Gasteiger partial charge in [0.15, 0.2) is 0 Å². The van der Waals surface area contributed by atoms with Crippen LogP contribution >= 0.6 is 0 Å². The molecule has 2 atom stereocenters. The van der Waals surface area contributed by atoms with Crippen molar-refractivity contribution < 1.29 is 27.0 Å². The predicted octanol–water partition coefficient (Wildman–Crippen LogP) is -0.525. The normalized spacial score (nSPS) is 37.9. The van der Waals surface area contributed by atoms with Crippen LogP contribution in [0.15, 0.2) is 0 Å². The zero-order valence-electron chi connectivity index (χ0n) is 7.13. The molecule has 1 saturated heterocycles. The number of aliphatic hydroxyl groups is 2. The maximum Gasteiger partial charge on any atom is 0.405 e. The SMILES string of the molecule is CCCCC1(O)OS(=O)(=O)OC1O. The Hall–Kier alpha value is -0.210. The second kappa shape index (κ2) is 3.50. The third kappa shape index (κ3) is 2.38. The lowest BCUT2D eigenvalue weighted by Gasteiger charge is -2.20. The van der Waals surface area contributed by atoms with E-state index in [4.69, 9.17) is 5.11 Å². The molecular weight excluding hydrogens is 200 g/mol. The van der Waals surface area contributed by atoms with E-state index < -0.39 is 22.5 Å². The van der Waals surface area contributed by atoms with Gasteiger partial charge in [0.1, 0.15) is 0 Å². The monoisotopic (exact) mass is 212 g/mol. The highest BCUT2D eigenvalue weighted by molar-refractivity contribution is 7.82. The Bertz CT molecular complexity index is 273. The highest BCUT2D eigenvalue weighted by atomic mass is 32.3. The van der Waals surface area contributed by atoms with E-state index in [-0.39, 0.29) is 6.42 Å². The summed E-state index contributed by atoms with van der Waals surface area (Å²) in [5.41, 5.74) is 0. The summed E-state index contributed by atoms with van der Waals surface area (Å²) in [5, 5.41) is 18.5. The predicted molar refractivity (Wildman–Crippen MR) is 41.6 cm³/mol. The van der Waals surface area contributed by atoms with Crippen molar-refractivity contribution >= 4 is 10.4 Å². The summed E-state index contributed by atoms with van der Waals surface area (Å²) in [5.74, 6) is -2.12. The van der Waals surface area contributed by atoms with E-state index in [2.05, 4.69) is 8.37 Å². The third-order valence-corrected chi connectivity index (χ3v) is 2.64. The van der Waals surface area contributed by atoms with Gasteiger partial charge in [0.25, 0.3) is 0 Å². The Morgan fingerprint density at radius 2 is 2.15 bits per heavy atom. The van der Waals surface area contributed by atoms with Crippen LogP contribution in [0, 0.1) is 0 Å². The van der Waals surface area contributed by atoms with Gasteiger partial charge in [-0.3, -0.25) is 0 Å². The fourth-order valence-corrected chi connectivity index (χ4v) is 1.95. The standard InChI is InChI=1S/C6H12O6S/c1-2-3-4-6(8)5(7)11-13(9,10)12-6/h5,7-8H,2-4H2,1H3. The van der Waals surface area contributed by atoms with Gasteiger partial charge in [0, 0.05) is 6.42 Å². The molecule has 0 amide bonds. The molecule has 1 aliphatic heterocycles. The highest BCUT2D eigenvalue weighted by Crippen LogP contribution is 2.31. The van der Waals surface area contributed by atoms with E-state index >= 15 is 0 Å². The van der Waals surface area contributed by atoms with Gasteiger partial charge < -0.3 is 10.2 Å². The van der Waals surface area contributed by atoms with Crippen LogP contribution in [0.3, 0.4) is 0 Å². The summed E-state index contributed by atoms with van der Waals surface area (Å²) in [4.78, 5) is 0. The topological polar surface area (TPSA) is 93.1 Å². The molecule has 0 aromatic heterocycles. The van der Waals surface area contributed by atoms with Crippen molar-refractivity contribution in [3.05, 3.63) is 0 Å². The minimum absolute atomic E-state index is 0.0178. The molecule has 0 aromatic carbocycles. The summed E-state index contributed by atoms with van der Waals surface area (Å²) in [6, 6.07) is 0. The van der Waals surface area contributed by atoms with Crippen molar-refractivity contribution in [2.45, 2.75) is 38.3 Å². The first-order valence-electron chi connectivity index (χ1n) is 3.94. The van der Waals surface area contributed by atoms with Crippen molar-refractivity contribution in [3.8, 4) is 0 Å². The quantitative estimate of drug-likeness (QED) is 0.653. The Morgan fingerprint density at radius 3 is 2.54 bits per heavy atom. The Kier molecular flexibility index (Phi) is 2.93. The number of aliphatic hydroxyl groups excluding tert-OH is 1. The lowest BCUT2D eigenvalue weighted by molar-refractivity contribution is -0.226. The van der Waals surface area contributed by atoms with Crippen molar-refractivity contribution in [3.63, 3.8) is 0 Å². The van der Waals surface area contributed by atoms with Gasteiger partial charge in [-0.1, -0.05) is 13.3 Å². The molecule has 0 radical (unpaired) electrons. The van der Waals surface area contributed by atoms with Crippen molar-refractivity contribution in [2.75, 3.05) is 0 Å². The lowest BCUT2D eigenvalue weighted by atomic mass is 10.1. The lowest BCUT2D eigenvalue weighted by Crippen LogP contribution is -2.39. The zero-order chi connectivity index (χ0) is 10.1. The third-order valence-electron chi connectivity index (χ3n) is 1.73. The van der Waals surface area contributed by atoms with Crippen molar-refractivity contribution in [1.29, 1.82) is 0 Å². The van der Waals surface area contributed by atoms with E-state index in [0.717, 1.165) is 6.42 Å². The first-order valence-corrected chi connectivity index (χ1v) is 5.27. The molecule has 7 heteroatoms. The van der Waals surface area contributed by atoms with Gasteiger partial charge in [-0.25, -0.2) is 8.37 Å².